The maximum absolute atomic E-state index is 12.6. The van der Waals surface area contributed by atoms with Crippen LogP contribution in [0.5, 0.6) is 0 Å². The molecule has 3 aromatic rings. The highest BCUT2D eigenvalue weighted by atomic mass is 16.1. The quantitative estimate of drug-likeness (QED) is 0.729. The summed E-state index contributed by atoms with van der Waals surface area (Å²) in [4.78, 5) is 21.1. The molecule has 0 fully saturated rings. The molecule has 1 aliphatic heterocycles. The number of fused-ring (bicyclic) bond motifs is 4. The van der Waals surface area contributed by atoms with Crippen LogP contribution < -0.4 is 5.32 Å². The standard InChI is InChI=1S/C20H21N5O/c1-14-4-2-3-5-16-12-15(6-11-22-16)19-18(23-20(14)26)13-25(24-19)17-7-9-21-10-8-17/h6-14H,2-5H2,1H3,(H,23,26). The van der Waals surface area contributed by atoms with E-state index in [0.717, 1.165) is 54.0 Å². The zero-order chi connectivity index (χ0) is 17.9. The largest absolute Gasteiger partial charge is 0.323 e. The van der Waals surface area contributed by atoms with E-state index in [9.17, 15) is 4.79 Å². The minimum atomic E-state index is -0.0298. The summed E-state index contributed by atoms with van der Waals surface area (Å²) in [7, 11) is 0. The third kappa shape index (κ3) is 3.35. The highest BCUT2D eigenvalue weighted by molar-refractivity contribution is 5.95. The highest BCUT2D eigenvalue weighted by Gasteiger charge is 2.19. The Bertz CT molecular complexity index is 919. The molecule has 132 valence electrons. The van der Waals surface area contributed by atoms with Crippen molar-refractivity contribution in [2.75, 3.05) is 5.32 Å². The fourth-order valence-electron chi connectivity index (χ4n) is 3.21. The predicted octanol–water partition coefficient (Wildman–Crippen LogP) is 3.63. The van der Waals surface area contributed by atoms with Gasteiger partial charge in [-0.3, -0.25) is 14.8 Å². The molecule has 2 bridgehead atoms. The molecule has 1 N–H and O–H groups in total. The molecule has 0 saturated carbocycles. The molecule has 1 unspecified atom stereocenters. The van der Waals surface area contributed by atoms with Gasteiger partial charge >= 0.3 is 0 Å². The van der Waals surface area contributed by atoms with Gasteiger partial charge in [-0.1, -0.05) is 13.3 Å². The lowest BCUT2D eigenvalue weighted by atomic mass is 10.00. The number of anilines is 1. The van der Waals surface area contributed by atoms with Crippen molar-refractivity contribution in [3.05, 3.63) is 54.7 Å². The van der Waals surface area contributed by atoms with E-state index in [-0.39, 0.29) is 11.8 Å². The summed E-state index contributed by atoms with van der Waals surface area (Å²) in [6.07, 6.45) is 11.0. The molecule has 3 aromatic heterocycles. The van der Waals surface area contributed by atoms with Gasteiger partial charge in [0, 0.05) is 35.8 Å². The smallest absolute Gasteiger partial charge is 0.227 e. The number of hydrogen-bond acceptors (Lipinski definition) is 4. The first-order chi connectivity index (χ1) is 12.7. The van der Waals surface area contributed by atoms with Gasteiger partial charge < -0.3 is 5.32 Å². The highest BCUT2D eigenvalue weighted by Crippen LogP contribution is 2.29. The zero-order valence-electron chi connectivity index (χ0n) is 14.7. The van der Waals surface area contributed by atoms with E-state index in [4.69, 9.17) is 5.10 Å². The minimum Gasteiger partial charge on any atom is -0.323 e. The number of carbonyl (C=O) groups is 1. The number of hydrogen-bond donors (Lipinski definition) is 1. The predicted molar refractivity (Wildman–Crippen MR) is 99.9 cm³/mol. The molecule has 0 spiro atoms. The summed E-state index contributed by atoms with van der Waals surface area (Å²) in [6.45, 7) is 1.98. The first-order valence-electron chi connectivity index (χ1n) is 8.97. The van der Waals surface area contributed by atoms with Gasteiger partial charge in [0.15, 0.2) is 0 Å². The van der Waals surface area contributed by atoms with Gasteiger partial charge in [-0.25, -0.2) is 4.68 Å². The van der Waals surface area contributed by atoms with Crippen LogP contribution in [0.3, 0.4) is 0 Å². The molecule has 4 rings (SSSR count). The third-order valence-electron chi connectivity index (χ3n) is 4.76. The Kier molecular flexibility index (Phi) is 4.48. The van der Waals surface area contributed by atoms with Gasteiger partial charge in [0.1, 0.15) is 5.69 Å². The lowest BCUT2D eigenvalue weighted by Gasteiger charge is -2.13. The fraction of sp³-hybridized carbons (Fsp3) is 0.300. The Hall–Kier alpha value is -3.02. The minimum absolute atomic E-state index is 0.0298. The molecule has 4 heterocycles. The molecule has 1 aliphatic rings. The van der Waals surface area contributed by atoms with Gasteiger partial charge in [-0.15, -0.1) is 0 Å². The average molecular weight is 347 g/mol. The summed E-state index contributed by atoms with van der Waals surface area (Å²) in [5, 5.41) is 7.80. The fourth-order valence-corrected chi connectivity index (χ4v) is 3.21. The molecule has 0 aliphatic carbocycles. The molecule has 0 aromatic carbocycles. The van der Waals surface area contributed by atoms with Gasteiger partial charge in [-0.2, -0.15) is 5.10 Å². The summed E-state index contributed by atoms with van der Waals surface area (Å²) in [5.41, 5.74) is 4.40. The Labute approximate surface area is 152 Å². The summed E-state index contributed by atoms with van der Waals surface area (Å²) in [6, 6.07) is 7.78. The molecule has 0 radical (unpaired) electrons. The van der Waals surface area contributed by atoms with Crippen LogP contribution >= 0.6 is 0 Å². The van der Waals surface area contributed by atoms with E-state index < -0.39 is 0 Å². The average Bonchev–Trinajstić information content (AvgIpc) is 3.09. The summed E-state index contributed by atoms with van der Waals surface area (Å²) >= 11 is 0. The summed E-state index contributed by atoms with van der Waals surface area (Å²) in [5.74, 6) is 0.00762. The van der Waals surface area contributed by atoms with Crippen LogP contribution in [0.4, 0.5) is 5.69 Å². The Balaban J connectivity index is 1.82. The van der Waals surface area contributed by atoms with Crippen molar-refractivity contribution in [3.8, 4) is 16.9 Å². The first kappa shape index (κ1) is 16.4. The van der Waals surface area contributed by atoms with Crippen LogP contribution in [-0.2, 0) is 11.2 Å². The van der Waals surface area contributed by atoms with Crippen molar-refractivity contribution < 1.29 is 4.79 Å². The molecule has 6 nitrogen and oxygen atoms in total. The lowest BCUT2D eigenvalue weighted by Crippen LogP contribution is -2.20. The van der Waals surface area contributed by atoms with E-state index in [1.807, 2.05) is 37.5 Å². The molecular weight excluding hydrogens is 326 g/mol. The first-order valence-corrected chi connectivity index (χ1v) is 8.97. The van der Waals surface area contributed by atoms with Crippen LogP contribution in [0, 0.1) is 5.92 Å². The normalized spacial score (nSPS) is 17.6. The van der Waals surface area contributed by atoms with Crippen LogP contribution in [0.1, 0.15) is 31.9 Å². The second-order valence-corrected chi connectivity index (χ2v) is 6.71. The number of aromatic nitrogens is 4. The van der Waals surface area contributed by atoms with Crippen LogP contribution in [0.25, 0.3) is 16.9 Å². The number of nitrogens with zero attached hydrogens (tertiary/aromatic N) is 4. The van der Waals surface area contributed by atoms with Crippen LogP contribution in [0.2, 0.25) is 0 Å². The molecule has 26 heavy (non-hydrogen) atoms. The number of nitrogens with one attached hydrogen (secondary N) is 1. The monoisotopic (exact) mass is 347 g/mol. The number of carbonyl (C=O) groups excluding carboxylic acids is 1. The van der Waals surface area contributed by atoms with Crippen LogP contribution in [0.15, 0.2) is 49.1 Å². The second-order valence-electron chi connectivity index (χ2n) is 6.71. The molecular formula is C20H21N5O. The van der Waals surface area contributed by atoms with E-state index in [0.29, 0.717) is 0 Å². The van der Waals surface area contributed by atoms with Crippen molar-refractivity contribution in [2.24, 2.45) is 5.92 Å². The topological polar surface area (TPSA) is 72.7 Å². The van der Waals surface area contributed by atoms with Gasteiger partial charge in [0.25, 0.3) is 0 Å². The molecule has 1 amide bonds. The van der Waals surface area contributed by atoms with Crippen molar-refractivity contribution >= 4 is 11.6 Å². The molecule has 6 heteroatoms. The van der Waals surface area contributed by atoms with Gasteiger partial charge in [-0.05, 0) is 43.5 Å². The second kappa shape index (κ2) is 7.07. The van der Waals surface area contributed by atoms with Crippen LogP contribution in [-0.4, -0.2) is 25.7 Å². The lowest BCUT2D eigenvalue weighted by molar-refractivity contribution is -0.119. The van der Waals surface area contributed by atoms with E-state index in [1.54, 1.807) is 17.1 Å². The molecule has 0 saturated heterocycles. The number of rotatable bonds is 1. The SMILES string of the molecule is CC1CCCCc2cc(ccn2)-c2nn(-c3ccncc3)cc2NC1=O. The third-order valence-corrected chi connectivity index (χ3v) is 4.76. The Morgan fingerprint density at radius 1 is 1.15 bits per heavy atom. The summed E-state index contributed by atoms with van der Waals surface area (Å²) < 4.78 is 1.77. The van der Waals surface area contributed by atoms with Gasteiger partial charge in [0.2, 0.25) is 5.91 Å². The maximum Gasteiger partial charge on any atom is 0.227 e. The van der Waals surface area contributed by atoms with Gasteiger partial charge in [0.05, 0.1) is 17.6 Å². The Morgan fingerprint density at radius 3 is 2.85 bits per heavy atom. The number of amides is 1. The van der Waals surface area contributed by atoms with E-state index in [2.05, 4.69) is 21.4 Å². The molecule has 1 atom stereocenters. The van der Waals surface area contributed by atoms with E-state index >= 15 is 0 Å². The van der Waals surface area contributed by atoms with E-state index in [1.165, 1.54) is 0 Å². The number of pyridine rings is 2. The number of aryl methyl sites for hydroxylation is 1. The zero-order valence-corrected chi connectivity index (χ0v) is 14.7. The maximum atomic E-state index is 12.6. The van der Waals surface area contributed by atoms with Crippen molar-refractivity contribution in [2.45, 2.75) is 32.6 Å². The van der Waals surface area contributed by atoms with Crippen molar-refractivity contribution in [3.63, 3.8) is 0 Å². The van der Waals surface area contributed by atoms with Crippen molar-refractivity contribution in [1.29, 1.82) is 0 Å². The van der Waals surface area contributed by atoms with Crippen molar-refractivity contribution in [1.82, 2.24) is 19.7 Å². The Morgan fingerprint density at radius 2 is 2.00 bits per heavy atom.